The number of benzene rings is 1. The van der Waals surface area contributed by atoms with E-state index in [0.717, 1.165) is 18.4 Å². The first-order valence-corrected chi connectivity index (χ1v) is 9.62. The van der Waals surface area contributed by atoms with Crippen LogP contribution < -0.4 is 5.32 Å². The van der Waals surface area contributed by atoms with Crippen molar-refractivity contribution in [3.05, 3.63) is 35.9 Å². The van der Waals surface area contributed by atoms with Gasteiger partial charge in [0, 0.05) is 18.6 Å². The Balaban J connectivity index is 1.99. The summed E-state index contributed by atoms with van der Waals surface area (Å²) >= 11 is 1.52. The van der Waals surface area contributed by atoms with Crippen LogP contribution in [-0.2, 0) is 20.8 Å². The fourth-order valence-corrected chi connectivity index (χ4v) is 3.88. The summed E-state index contributed by atoms with van der Waals surface area (Å²) in [5, 5.41) is 12.0. The third-order valence-electron chi connectivity index (χ3n) is 4.15. The molecule has 136 valence electrons. The number of rotatable bonds is 8. The lowest BCUT2D eigenvalue weighted by Crippen LogP contribution is -2.52. The number of thioether (sulfide) groups is 1. The monoisotopic (exact) mass is 364 g/mol. The lowest BCUT2D eigenvalue weighted by Gasteiger charge is -2.25. The Morgan fingerprint density at radius 1 is 1.32 bits per heavy atom. The van der Waals surface area contributed by atoms with Crippen molar-refractivity contribution in [3.8, 4) is 0 Å². The van der Waals surface area contributed by atoms with Gasteiger partial charge >= 0.3 is 5.97 Å². The zero-order valence-electron chi connectivity index (χ0n) is 14.3. The summed E-state index contributed by atoms with van der Waals surface area (Å²) in [5.41, 5.74) is 0.840. The lowest BCUT2D eigenvalue weighted by molar-refractivity contribution is -0.143. The van der Waals surface area contributed by atoms with E-state index in [2.05, 4.69) is 5.32 Å². The maximum atomic E-state index is 12.6. The highest BCUT2D eigenvalue weighted by atomic mass is 32.2. The molecule has 2 N–H and O–H groups in total. The highest BCUT2D eigenvalue weighted by Gasteiger charge is 2.35. The predicted molar refractivity (Wildman–Crippen MR) is 97.2 cm³/mol. The zero-order chi connectivity index (χ0) is 18.2. The Hall–Kier alpha value is -2.02. The summed E-state index contributed by atoms with van der Waals surface area (Å²) in [6.45, 7) is 2.01. The molecule has 0 saturated carbocycles. The molecule has 1 heterocycles. The molecule has 1 aromatic rings. The number of carbonyl (C=O) groups excluding carboxylic acids is 2. The molecule has 2 atom stereocenters. The number of nitrogens with zero attached hydrogens (tertiary/aromatic N) is 1. The van der Waals surface area contributed by atoms with Gasteiger partial charge in [-0.2, -0.15) is 0 Å². The van der Waals surface area contributed by atoms with E-state index in [1.165, 1.54) is 11.8 Å². The second-order valence-electron chi connectivity index (χ2n) is 6.07. The summed E-state index contributed by atoms with van der Waals surface area (Å²) < 4.78 is 0. The van der Waals surface area contributed by atoms with Gasteiger partial charge in [0.25, 0.3) is 0 Å². The minimum absolute atomic E-state index is 0.0399. The van der Waals surface area contributed by atoms with E-state index in [0.29, 0.717) is 18.1 Å². The standard InChI is InChI=1S/C18H24N2O4S/c1-2-3-9-16(21)20-12-25-11-15(20)17(22)19-14(18(23)24)10-13-7-5-4-6-8-13/h4-8,14-15H,2-3,9-12H2,1H3,(H,19,22)(H,23,24). The van der Waals surface area contributed by atoms with Crippen molar-refractivity contribution in [2.75, 3.05) is 11.6 Å². The maximum Gasteiger partial charge on any atom is 0.326 e. The van der Waals surface area contributed by atoms with E-state index in [9.17, 15) is 19.5 Å². The van der Waals surface area contributed by atoms with Crippen molar-refractivity contribution in [2.24, 2.45) is 0 Å². The maximum absolute atomic E-state index is 12.6. The number of amides is 2. The molecule has 2 rings (SSSR count). The molecule has 6 nitrogen and oxygen atoms in total. The van der Waals surface area contributed by atoms with Crippen molar-refractivity contribution in [1.82, 2.24) is 10.2 Å². The normalized spacial score (nSPS) is 18.0. The van der Waals surface area contributed by atoms with E-state index < -0.39 is 24.0 Å². The molecule has 2 amide bonds. The van der Waals surface area contributed by atoms with Crippen molar-refractivity contribution < 1.29 is 19.5 Å². The molecule has 1 saturated heterocycles. The number of unbranched alkanes of at least 4 members (excludes halogenated alkanes) is 1. The van der Waals surface area contributed by atoms with Crippen molar-refractivity contribution in [2.45, 2.75) is 44.7 Å². The number of hydrogen-bond acceptors (Lipinski definition) is 4. The summed E-state index contributed by atoms with van der Waals surface area (Å²) in [5.74, 6) is -0.523. The highest BCUT2D eigenvalue weighted by molar-refractivity contribution is 7.99. The molecule has 25 heavy (non-hydrogen) atoms. The molecule has 0 bridgehead atoms. The van der Waals surface area contributed by atoms with Crippen LogP contribution in [0, 0.1) is 0 Å². The molecule has 0 aromatic heterocycles. The van der Waals surface area contributed by atoms with E-state index in [-0.39, 0.29) is 12.3 Å². The first-order valence-electron chi connectivity index (χ1n) is 8.47. The average Bonchev–Trinajstić information content (AvgIpc) is 3.09. The quantitative estimate of drug-likeness (QED) is 0.736. The highest BCUT2D eigenvalue weighted by Crippen LogP contribution is 2.22. The molecule has 7 heteroatoms. The first-order chi connectivity index (χ1) is 12.0. The van der Waals surface area contributed by atoms with Crippen LogP contribution in [0.4, 0.5) is 0 Å². The van der Waals surface area contributed by atoms with Crippen LogP contribution in [0.5, 0.6) is 0 Å². The number of aliphatic carboxylic acids is 1. The number of carbonyl (C=O) groups is 3. The molecule has 1 fully saturated rings. The summed E-state index contributed by atoms with van der Waals surface area (Å²) in [6, 6.07) is 7.57. The summed E-state index contributed by atoms with van der Waals surface area (Å²) in [4.78, 5) is 37.9. The molecule has 1 aliphatic heterocycles. The molecule has 2 unspecified atom stereocenters. The predicted octanol–water partition coefficient (Wildman–Crippen LogP) is 1.89. The largest absolute Gasteiger partial charge is 0.480 e. The third-order valence-corrected chi connectivity index (χ3v) is 5.16. The smallest absolute Gasteiger partial charge is 0.326 e. The Morgan fingerprint density at radius 3 is 2.68 bits per heavy atom. The molecule has 0 aliphatic carbocycles. The van der Waals surface area contributed by atoms with Crippen LogP contribution in [0.25, 0.3) is 0 Å². The van der Waals surface area contributed by atoms with Crippen LogP contribution >= 0.6 is 11.8 Å². The lowest BCUT2D eigenvalue weighted by atomic mass is 10.1. The van der Waals surface area contributed by atoms with Crippen molar-refractivity contribution >= 4 is 29.5 Å². The third kappa shape index (κ3) is 5.49. The van der Waals surface area contributed by atoms with Crippen molar-refractivity contribution in [3.63, 3.8) is 0 Å². The molecular formula is C18H24N2O4S. The fourth-order valence-electron chi connectivity index (χ4n) is 2.70. The fraction of sp³-hybridized carbons (Fsp3) is 0.500. The van der Waals surface area contributed by atoms with Gasteiger partial charge in [0.15, 0.2) is 0 Å². The van der Waals surface area contributed by atoms with Gasteiger partial charge in [0.1, 0.15) is 12.1 Å². The molecule has 0 spiro atoms. The van der Waals surface area contributed by atoms with Gasteiger partial charge in [-0.05, 0) is 12.0 Å². The topological polar surface area (TPSA) is 86.7 Å². The number of nitrogens with one attached hydrogen (secondary N) is 1. The van der Waals surface area contributed by atoms with Gasteiger partial charge < -0.3 is 15.3 Å². The van der Waals surface area contributed by atoms with Crippen LogP contribution in [0.2, 0.25) is 0 Å². The Morgan fingerprint density at radius 2 is 2.04 bits per heavy atom. The van der Waals surface area contributed by atoms with Gasteiger partial charge in [0.05, 0.1) is 5.88 Å². The van der Waals surface area contributed by atoms with E-state index >= 15 is 0 Å². The summed E-state index contributed by atoms with van der Waals surface area (Å²) in [7, 11) is 0. The molecular weight excluding hydrogens is 340 g/mol. The van der Waals surface area contributed by atoms with Gasteiger partial charge in [-0.15, -0.1) is 11.8 Å². The SMILES string of the molecule is CCCCC(=O)N1CSCC1C(=O)NC(Cc1ccccc1)C(=O)O. The summed E-state index contributed by atoms with van der Waals surface area (Å²) in [6.07, 6.45) is 2.35. The zero-order valence-corrected chi connectivity index (χ0v) is 15.1. The van der Waals surface area contributed by atoms with E-state index in [1.54, 1.807) is 4.90 Å². The van der Waals surface area contributed by atoms with Crippen LogP contribution in [-0.4, -0.2) is 51.5 Å². The van der Waals surface area contributed by atoms with Gasteiger partial charge in [-0.25, -0.2) is 4.79 Å². The average molecular weight is 364 g/mol. The van der Waals surface area contributed by atoms with Gasteiger partial charge in [-0.3, -0.25) is 9.59 Å². The van der Waals surface area contributed by atoms with Crippen molar-refractivity contribution in [1.29, 1.82) is 0 Å². The first kappa shape index (κ1) is 19.3. The molecule has 1 aliphatic rings. The Labute approximate surface area is 152 Å². The molecule has 0 radical (unpaired) electrons. The Bertz CT molecular complexity index is 608. The van der Waals surface area contributed by atoms with Crippen LogP contribution in [0.3, 0.4) is 0 Å². The second kappa shape index (κ2) is 9.46. The number of hydrogen-bond donors (Lipinski definition) is 2. The van der Waals surface area contributed by atoms with Crippen LogP contribution in [0.1, 0.15) is 31.7 Å². The number of carboxylic acids is 1. The molecule has 1 aromatic carbocycles. The second-order valence-corrected chi connectivity index (χ2v) is 7.07. The van der Waals surface area contributed by atoms with E-state index in [4.69, 9.17) is 0 Å². The van der Waals surface area contributed by atoms with Crippen LogP contribution in [0.15, 0.2) is 30.3 Å². The minimum Gasteiger partial charge on any atom is -0.480 e. The van der Waals surface area contributed by atoms with Gasteiger partial charge in [-0.1, -0.05) is 43.7 Å². The van der Waals surface area contributed by atoms with E-state index in [1.807, 2.05) is 37.3 Å². The minimum atomic E-state index is -1.08. The number of carboxylic acid groups (broad SMARTS) is 1. The Kier molecular flexibility index (Phi) is 7.31. The van der Waals surface area contributed by atoms with Gasteiger partial charge in [0.2, 0.25) is 11.8 Å².